The molecule has 1 unspecified atom stereocenters. The highest BCUT2D eigenvalue weighted by Crippen LogP contribution is 2.33. The van der Waals surface area contributed by atoms with Crippen LogP contribution in [0, 0.1) is 0 Å². The normalized spacial score (nSPS) is 18.0. The van der Waals surface area contributed by atoms with Gasteiger partial charge in [-0.15, -0.1) is 0 Å². The second-order valence-corrected chi connectivity index (χ2v) is 8.82. The number of fused-ring (bicyclic) bond motifs is 1. The molecule has 8 nitrogen and oxygen atoms in total. The lowest BCUT2D eigenvalue weighted by atomic mass is 10.00. The van der Waals surface area contributed by atoms with Gasteiger partial charge in [-0.2, -0.15) is 4.98 Å². The first-order valence-corrected chi connectivity index (χ1v) is 11.3. The van der Waals surface area contributed by atoms with Crippen LogP contribution in [0.2, 0.25) is 0 Å². The van der Waals surface area contributed by atoms with E-state index in [9.17, 15) is 9.50 Å². The first-order valence-electron chi connectivity index (χ1n) is 11.3. The van der Waals surface area contributed by atoms with Crippen LogP contribution >= 0.6 is 0 Å². The van der Waals surface area contributed by atoms with E-state index in [-0.39, 0.29) is 6.61 Å². The van der Waals surface area contributed by atoms with Crippen molar-refractivity contribution in [3.8, 4) is 22.8 Å². The molecular weight excluding hydrogens is 425 g/mol. The summed E-state index contributed by atoms with van der Waals surface area (Å²) in [6.07, 6.45) is 0.227. The van der Waals surface area contributed by atoms with Gasteiger partial charge in [-0.1, -0.05) is 17.3 Å². The molecule has 2 aliphatic heterocycles. The van der Waals surface area contributed by atoms with Crippen LogP contribution in [0.4, 0.5) is 15.8 Å². The summed E-state index contributed by atoms with van der Waals surface area (Å²) in [6, 6.07) is 11.7. The van der Waals surface area contributed by atoms with Gasteiger partial charge in [0, 0.05) is 30.8 Å². The highest BCUT2D eigenvalue weighted by Gasteiger charge is 2.28. The lowest BCUT2D eigenvalue weighted by Gasteiger charge is -2.37. The number of nitrogens with two attached hydrogens (primary N) is 1. The molecule has 3 heterocycles. The molecule has 5 rings (SSSR count). The summed E-state index contributed by atoms with van der Waals surface area (Å²) in [5.41, 5.74) is 11.7. The Morgan fingerprint density at radius 3 is 2.58 bits per heavy atom. The summed E-state index contributed by atoms with van der Waals surface area (Å²) in [6.45, 7) is 2.64. The summed E-state index contributed by atoms with van der Waals surface area (Å²) >= 11 is 0. The van der Waals surface area contributed by atoms with Crippen LogP contribution in [0.1, 0.15) is 11.1 Å². The van der Waals surface area contributed by atoms with E-state index in [1.807, 2.05) is 23.1 Å². The second kappa shape index (κ2) is 9.09. The number of β-amino-alcohol motifs (C(OH)–C–C–N with tert-alkyl or cyclic N) is 1. The van der Waals surface area contributed by atoms with E-state index >= 15 is 0 Å². The van der Waals surface area contributed by atoms with Crippen LogP contribution in [0.3, 0.4) is 0 Å². The molecule has 4 N–H and O–H groups in total. The SMILES string of the molecule is Nc1cc(-c2nc(-c3ccc4c(c3)CCN(CC(O)CO)CC4)no2)ccc1N1CC(F)C1. The zero-order valence-corrected chi connectivity index (χ0v) is 18.3. The summed E-state index contributed by atoms with van der Waals surface area (Å²) < 4.78 is 18.7. The number of aliphatic hydroxyl groups excluding tert-OH is 2. The predicted octanol–water partition coefficient (Wildman–Crippen LogP) is 1.90. The Labute approximate surface area is 191 Å². The van der Waals surface area contributed by atoms with Crippen LogP contribution in [0.25, 0.3) is 22.8 Å². The molecule has 0 saturated carbocycles. The molecule has 174 valence electrons. The third kappa shape index (κ3) is 4.57. The largest absolute Gasteiger partial charge is 0.397 e. The Kier molecular flexibility index (Phi) is 6.01. The zero-order chi connectivity index (χ0) is 22.9. The fourth-order valence-electron chi connectivity index (χ4n) is 4.50. The quantitative estimate of drug-likeness (QED) is 0.485. The van der Waals surface area contributed by atoms with E-state index in [0.29, 0.717) is 37.0 Å². The molecule has 1 atom stereocenters. The van der Waals surface area contributed by atoms with Crippen molar-refractivity contribution in [2.24, 2.45) is 0 Å². The maximum absolute atomic E-state index is 13.2. The molecule has 1 fully saturated rings. The molecule has 2 aliphatic rings. The van der Waals surface area contributed by atoms with Crippen LogP contribution in [0.5, 0.6) is 0 Å². The fraction of sp³-hybridized carbons (Fsp3) is 0.417. The van der Waals surface area contributed by atoms with Crippen molar-refractivity contribution >= 4 is 11.4 Å². The number of benzene rings is 2. The number of anilines is 2. The summed E-state index contributed by atoms with van der Waals surface area (Å²) in [4.78, 5) is 8.65. The summed E-state index contributed by atoms with van der Waals surface area (Å²) in [7, 11) is 0. The van der Waals surface area contributed by atoms with Crippen molar-refractivity contribution in [1.29, 1.82) is 0 Å². The lowest BCUT2D eigenvalue weighted by molar-refractivity contribution is 0.0605. The summed E-state index contributed by atoms with van der Waals surface area (Å²) in [5.74, 6) is 0.893. The van der Waals surface area contributed by atoms with Crippen LogP contribution in [0.15, 0.2) is 40.9 Å². The Morgan fingerprint density at radius 1 is 1.09 bits per heavy atom. The van der Waals surface area contributed by atoms with Crippen molar-refractivity contribution in [1.82, 2.24) is 15.0 Å². The Balaban J connectivity index is 1.31. The van der Waals surface area contributed by atoms with Gasteiger partial charge in [0.05, 0.1) is 37.2 Å². The fourth-order valence-corrected chi connectivity index (χ4v) is 4.50. The van der Waals surface area contributed by atoms with E-state index < -0.39 is 12.3 Å². The molecule has 0 radical (unpaired) electrons. The standard InChI is InChI=1S/C24H28FN5O3/c25-19-11-30(12-19)22-4-3-18(10-21(22)26)24-27-23(28-33-24)17-2-1-15-5-7-29(13-20(32)14-31)8-6-16(15)9-17/h1-4,9-10,19-20,31-32H,5-8,11-14,26H2. The third-order valence-electron chi connectivity index (χ3n) is 6.42. The van der Waals surface area contributed by atoms with Gasteiger partial charge in [-0.25, -0.2) is 4.39 Å². The van der Waals surface area contributed by atoms with E-state index in [2.05, 4.69) is 27.2 Å². The zero-order valence-electron chi connectivity index (χ0n) is 18.3. The average Bonchev–Trinajstić information content (AvgIpc) is 3.21. The molecule has 0 amide bonds. The smallest absolute Gasteiger partial charge is 0.258 e. The van der Waals surface area contributed by atoms with Gasteiger partial charge in [0.2, 0.25) is 5.82 Å². The van der Waals surface area contributed by atoms with Gasteiger partial charge in [0.1, 0.15) is 6.17 Å². The number of nitrogens with zero attached hydrogens (tertiary/aromatic N) is 4. The van der Waals surface area contributed by atoms with E-state index in [4.69, 9.17) is 15.4 Å². The second-order valence-electron chi connectivity index (χ2n) is 8.82. The Bertz CT molecular complexity index is 1130. The van der Waals surface area contributed by atoms with Crippen LogP contribution in [-0.4, -0.2) is 76.9 Å². The van der Waals surface area contributed by atoms with Gasteiger partial charge in [-0.3, -0.25) is 0 Å². The molecule has 0 spiro atoms. The monoisotopic (exact) mass is 453 g/mol. The number of aromatic nitrogens is 2. The highest BCUT2D eigenvalue weighted by molar-refractivity contribution is 5.75. The average molecular weight is 454 g/mol. The predicted molar refractivity (Wildman–Crippen MR) is 124 cm³/mol. The number of hydrogen-bond acceptors (Lipinski definition) is 8. The number of hydrogen-bond donors (Lipinski definition) is 3. The molecule has 0 bridgehead atoms. The van der Waals surface area contributed by atoms with Crippen molar-refractivity contribution in [2.75, 3.05) is 50.0 Å². The van der Waals surface area contributed by atoms with Crippen LogP contribution < -0.4 is 10.6 Å². The first kappa shape index (κ1) is 21.8. The molecule has 9 heteroatoms. The number of halogens is 1. The molecule has 3 aromatic rings. The van der Waals surface area contributed by atoms with Gasteiger partial charge in [0.25, 0.3) is 5.89 Å². The third-order valence-corrected chi connectivity index (χ3v) is 6.42. The number of nitrogen functional groups attached to an aromatic ring is 1. The van der Waals surface area contributed by atoms with Crippen molar-refractivity contribution in [3.05, 3.63) is 47.5 Å². The Hall–Kier alpha value is -3.01. The van der Waals surface area contributed by atoms with Gasteiger partial charge < -0.3 is 30.3 Å². The van der Waals surface area contributed by atoms with Gasteiger partial charge in [0.15, 0.2) is 0 Å². The Morgan fingerprint density at radius 2 is 1.85 bits per heavy atom. The van der Waals surface area contributed by atoms with Crippen molar-refractivity contribution in [3.63, 3.8) is 0 Å². The maximum Gasteiger partial charge on any atom is 0.258 e. The van der Waals surface area contributed by atoms with Gasteiger partial charge >= 0.3 is 0 Å². The molecular formula is C24H28FN5O3. The maximum atomic E-state index is 13.2. The minimum atomic E-state index is -0.793. The first-order chi connectivity index (χ1) is 16.0. The topological polar surface area (TPSA) is 112 Å². The number of rotatable bonds is 6. The molecule has 2 aromatic carbocycles. The van der Waals surface area contributed by atoms with Crippen molar-refractivity contribution < 1.29 is 19.1 Å². The molecule has 0 aliphatic carbocycles. The lowest BCUT2D eigenvalue weighted by Crippen LogP contribution is -2.48. The highest BCUT2D eigenvalue weighted by atomic mass is 19.1. The molecule has 1 saturated heterocycles. The summed E-state index contributed by atoms with van der Waals surface area (Å²) in [5, 5.41) is 23.0. The molecule has 1 aromatic heterocycles. The van der Waals surface area contributed by atoms with Crippen LogP contribution in [-0.2, 0) is 12.8 Å². The number of aliphatic hydroxyl groups is 2. The molecule has 33 heavy (non-hydrogen) atoms. The van der Waals surface area contributed by atoms with Gasteiger partial charge in [-0.05, 0) is 48.2 Å². The van der Waals surface area contributed by atoms with E-state index in [1.54, 1.807) is 6.07 Å². The van der Waals surface area contributed by atoms with E-state index in [1.165, 1.54) is 11.1 Å². The number of alkyl halides is 1. The van der Waals surface area contributed by atoms with E-state index in [0.717, 1.165) is 42.7 Å². The minimum absolute atomic E-state index is 0.224. The van der Waals surface area contributed by atoms with Crippen molar-refractivity contribution in [2.45, 2.75) is 25.1 Å². The minimum Gasteiger partial charge on any atom is -0.397 e.